The van der Waals surface area contributed by atoms with Crippen molar-refractivity contribution in [2.24, 2.45) is 0 Å². The first kappa shape index (κ1) is 19.4. The Morgan fingerprint density at radius 3 is 1.57 bits per heavy atom. The number of hydrogen-bond acceptors (Lipinski definition) is 5. The zero-order valence-corrected chi connectivity index (χ0v) is 16.0. The third kappa shape index (κ3) is 4.31. The molecule has 0 saturated heterocycles. The van der Waals surface area contributed by atoms with Crippen molar-refractivity contribution >= 4 is 31.4 Å². The van der Waals surface area contributed by atoms with Crippen molar-refractivity contribution in [3.63, 3.8) is 0 Å². The van der Waals surface area contributed by atoms with Crippen molar-refractivity contribution in [1.82, 2.24) is 0 Å². The summed E-state index contributed by atoms with van der Waals surface area (Å²) in [5.41, 5.74) is 0.123. The van der Waals surface area contributed by atoms with E-state index in [0.717, 1.165) is 0 Å². The highest BCUT2D eigenvalue weighted by Crippen LogP contribution is 2.28. The first-order chi connectivity index (χ1) is 13.3. The third-order valence-electron chi connectivity index (χ3n) is 3.74. The van der Waals surface area contributed by atoms with Crippen molar-refractivity contribution in [1.29, 1.82) is 5.26 Å². The van der Waals surface area contributed by atoms with Gasteiger partial charge in [0.2, 0.25) is 0 Å². The van der Waals surface area contributed by atoms with Crippen LogP contribution in [0.3, 0.4) is 0 Å². The third-order valence-corrected chi connectivity index (χ3v) is 6.51. The van der Waals surface area contributed by atoms with E-state index in [0.29, 0.717) is 0 Å². The highest BCUT2D eigenvalue weighted by Gasteiger charge is 2.20. The highest BCUT2D eigenvalue weighted by molar-refractivity contribution is 7.93. The van der Waals surface area contributed by atoms with Gasteiger partial charge < -0.3 is 0 Å². The molecule has 0 radical (unpaired) electrons. The SMILES string of the molecule is N#Cc1ccc(NS(=O)(=O)c2ccccc2)c(NS(=O)(=O)c2ccccc2)c1. The largest absolute Gasteiger partial charge is 0.277 e. The predicted molar refractivity (Wildman–Crippen MR) is 106 cm³/mol. The van der Waals surface area contributed by atoms with E-state index in [1.807, 2.05) is 6.07 Å². The number of hydrogen-bond donors (Lipinski definition) is 2. The Hall–Kier alpha value is -3.35. The average Bonchev–Trinajstić information content (AvgIpc) is 2.70. The Balaban J connectivity index is 2.01. The molecule has 3 rings (SSSR count). The van der Waals surface area contributed by atoms with Gasteiger partial charge in [0.15, 0.2) is 0 Å². The molecule has 9 heteroatoms. The Kier molecular flexibility index (Phi) is 5.35. The van der Waals surface area contributed by atoms with Crippen LogP contribution in [0.2, 0.25) is 0 Å². The Bertz CT molecular complexity index is 1240. The first-order valence-electron chi connectivity index (χ1n) is 8.02. The van der Waals surface area contributed by atoms with Crippen LogP contribution in [0, 0.1) is 11.3 Å². The normalized spacial score (nSPS) is 11.4. The van der Waals surface area contributed by atoms with Crippen molar-refractivity contribution < 1.29 is 16.8 Å². The molecular formula is C19H15N3O4S2. The lowest BCUT2D eigenvalue weighted by Gasteiger charge is -2.15. The molecule has 3 aromatic rings. The molecule has 0 heterocycles. The van der Waals surface area contributed by atoms with Crippen molar-refractivity contribution in [3.05, 3.63) is 84.4 Å². The zero-order chi connectivity index (χ0) is 20.2. The summed E-state index contributed by atoms with van der Waals surface area (Å²) in [6, 6.07) is 21.2. The maximum Gasteiger partial charge on any atom is 0.261 e. The molecule has 0 aromatic heterocycles. The summed E-state index contributed by atoms with van der Waals surface area (Å²) in [6.07, 6.45) is 0. The number of rotatable bonds is 6. The molecule has 0 saturated carbocycles. The van der Waals surface area contributed by atoms with Crippen molar-refractivity contribution in [3.8, 4) is 6.07 Å². The van der Waals surface area contributed by atoms with E-state index in [2.05, 4.69) is 9.44 Å². The van der Waals surface area contributed by atoms with Crippen molar-refractivity contribution in [2.75, 3.05) is 9.44 Å². The molecule has 142 valence electrons. The van der Waals surface area contributed by atoms with Crippen LogP contribution in [0.1, 0.15) is 5.56 Å². The maximum atomic E-state index is 12.6. The van der Waals surface area contributed by atoms with E-state index >= 15 is 0 Å². The van der Waals surface area contributed by atoms with Gasteiger partial charge in [-0.05, 0) is 42.5 Å². The van der Waals surface area contributed by atoms with Crippen LogP contribution in [0.15, 0.2) is 88.7 Å². The Morgan fingerprint density at radius 2 is 1.11 bits per heavy atom. The minimum absolute atomic E-state index is 0.00218. The number of sulfonamides is 2. The number of nitriles is 1. The molecule has 0 aliphatic rings. The molecule has 0 aliphatic heterocycles. The van der Waals surface area contributed by atoms with Gasteiger partial charge in [-0.15, -0.1) is 0 Å². The first-order valence-corrected chi connectivity index (χ1v) is 11.0. The highest BCUT2D eigenvalue weighted by atomic mass is 32.2. The van der Waals surface area contributed by atoms with Crippen LogP contribution < -0.4 is 9.44 Å². The lowest BCUT2D eigenvalue weighted by Crippen LogP contribution is -2.17. The topological polar surface area (TPSA) is 116 Å². The Labute approximate surface area is 163 Å². The summed E-state index contributed by atoms with van der Waals surface area (Å²) >= 11 is 0. The summed E-state index contributed by atoms with van der Waals surface area (Å²) in [7, 11) is -7.92. The summed E-state index contributed by atoms with van der Waals surface area (Å²) < 4.78 is 55.1. The van der Waals surface area contributed by atoms with Crippen LogP contribution >= 0.6 is 0 Å². The molecule has 28 heavy (non-hydrogen) atoms. The van der Waals surface area contributed by atoms with Gasteiger partial charge in [-0.3, -0.25) is 9.44 Å². The van der Waals surface area contributed by atoms with Crippen molar-refractivity contribution in [2.45, 2.75) is 9.79 Å². The van der Waals surface area contributed by atoms with E-state index < -0.39 is 20.0 Å². The molecule has 0 atom stereocenters. The molecule has 0 bridgehead atoms. The molecule has 0 spiro atoms. The summed E-state index contributed by atoms with van der Waals surface area (Å²) in [5, 5.41) is 9.11. The van der Waals surface area contributed by atoms with E-state index in [1.54, 1.807) is 36.4 Å². The molecule has 0 aliphatic carbocycles. The van der Waals surface area contributed by atoms with Gasteiger partial charge in [0.05, 0.1) is 32.8 Å². The molecule has 3 aromatic carbocycles. The van der Waals surface area contributed by atoms with Gasteiger partial charge in [-0.2, -0.15) is 5.26 Å². The minimum Gasteiger partial charge on any atom is -0.277 e. The molecule has 7 nitrogen and oxygen atoms in total. The van der Waals surface area contributed by atoms with Gasteiger partial charge in [0, 0.05) is 0 Å². The number of nitrogens with zero attached hydrogens (tertiary/aromatic N) is 1. The van der Waals surface area contributed by atoms with Gasteiger partial charge in [-0.25, -0.2) is 16.8 Å². The lowest BCUT2D eigenvalue weighted by molar-refractivity contribution is 0.599. The monoisotopic (exact) mass is 413 g/mol. The Morgan fingerprint density at radius 1 is 0.643 bits per heavy atom. The molecule has 0 unspecified atom stereocenters. The number of nitrogens with one attached hydrogen (secondary N) is 2. The smallest absolute Gasteiger partial charge is 0.261 e. The standard InChI is InChI=1S/C19H15N3O4S2/c20-14-15-11-12-18(21-27(23,24)16-7-3-1-4-8-16)19(13-15)22-28(25,26)17-9-5-2-6-10-17/h1-13,21-22H. The molecule has 0 amide bonds. The van der Waals surface area contributed by atoms with Gasteiger partial charge >= 0.3 is 0 Å². The summed E-state index contributed by atoms with van der Waals surface area (Å²) in [6.45, 7) is 0. The van der Waals surface area contributed by atoms with Crippen LogP contribution in [0.25, 0.3) is 0 Å². The molecular weight excluding hydrogens is 398 g/mol. The summed E-state index contributed by atoms with van der Waals surface area (Å²) in [4.78, 5) is 0.0328. The van der Waals surface area contributed by atoms with Gasteiger partial charge in [0.25, 0.3) is 20.0 Å². The van der Waals surface area contributed by atoms with Crippen LogP contribution in [0.4, 0.5) is 11.4 Å². The summed E-state index contributed by atoms with van der Waals surface area (Å²) in [5.74, 6) is 0. The van der Waals surface area contributed by atoms with Gasteiger partial charge in [-0.1, -0.05) is 36.4 Å². The van der Waals surface area contributed by atoms with E-state index in [4.69, 9.17) is 5.26 Å². The number of benzene rings is 3. The van der Waals surface area contributed by atoms with E-state index in [-0.39, 0.29) is 26.7 Å². The second-order valence-electron chi connectivity index (χ2n) is 5.71. The van der Waals surface area contributed by atoms with Crippen LogP contribution in [-0.2, 0) is 20.0 Å². The average molecular weight is 413 g/mol. The van der Waals surface area contributed by atoms with E-state index in [1.165, 1.54) is 42.5 Å². The van der Waals surface area contributed by atoms with Crippen LogP contribution in [0.5, 0.6) is 0 Å². The fraction of sp³-hybridized carbons (Fsp3) is 0. The zero-order valence-electron chi connectivity index (χ0n) is 14.4. The van der Waals surface area contributed by atoms with Gasteiger partial charge in [0.1, 0.15) is 0 Å². The minimum atomic E-state index is -3.98. The van der Waals surface area contributed by atoms with Crippen LogP contribution in [-0.4, -0.2) is 16.8 Å². The van der Waals surface area contributed by atoms with E-state index in [9.17, 15) is 16.8 Å². The second-order valence-corrected chi connectivity index (χ2v) is 9.07. The number of anilines is 2. The second kappa shape index (κ2) is 7.72. The fourth-order valence-corrected chi connectivity index (χ4v) is 4.59. The maximum absolute atomic E-state index is 12.6. The molecule has 2 N–H and O–H groups in total. The molecule has 0 fully saturated rings. The lowest BCUT2D eigenvalue weighted by atomic mass is 10.2. The predicted octanol–water partition coefficient (Wildman–Crippen LogP) is 3.16. The fourth-order valence-electron chi connectivity index (χ4n) is 2.39. The quantitative estimate of drug-likeness (QED) is 0.644.